The van der Waals surface area contributed by atoms with Crippen molar-refractivity contribution in [2.75, 3.05) is 12.0 Å². The van der Waals surface area contributed by atoms with E-state index in [1.807, 2.05) is 18.2 Å². The molecule has 4 aromatic rings. The highest BCUT2D eigenvalue weighted by Gasteiger charge is 2.43. The Morgan fingerprint density at radius 1 is 1.00 bits per heavy atom. The van der Waals surface area contributed by atoms with Crippen LogP contribution < -0.4 is 10.3 Å². The summed E-state index contributed by atoms with van der Waals surface area (Å²) in [5, 5.41) is 0.409. The Labute approximate surface area is 191 Å². The maximum atomic E-state index is 13.5. The van der Waals surface area contributed by atoms with Crippen LogP contribution in [0.2, 0.25) is 0 Å². The molecular weight excluding hydrogens is 474 g/mol. The van der Waals surface area contributed by atoms with E-state index in [2.05, 4.69) is 15.9 Å². The van der Waals surface area contributed by atoms with Crippen LogP contribution >= 0.6 is 15.9 Å². The van der Waals surface area contributed by atoms with Gasteiger partial charge in [-0.3, -0.25) is 14.5 Å². The summed E-state index contributed by atoms with van der Waals surface area (Å²) < 4.78 is 11.5. The molecule has 1 amide bonds. The Hall–Kier alpha value is -3.71. The van der Waals surface area contributed by atoms with E-state index in [9.17, 15) is 14.4 Å². The minimum Gasteiger partial charge on any atom is -0.465 e. The molecule has 2 heterocycles. The summed E-state index contributed by atoms with van der Waals surface area (Å²) in [6.45, 7) is 0. The first kappa shape index (κ1) is 20.2. The van der Waals surface area contributed by atoms with Crippen molar-refractivity contribution < 1.29 is 18.7 Å². The van der Waals surface area contributed by atoms with Gasteiger partial charge < -0.3 is 9.15 Å². The summed E-state index contributed by atoms with van der Waals surface area (Å²) in [7, 11) is 1.31. The Morgan fingerprint density at radius 3 is 2.47 bits per heavy atom. The van der Waals surface area contributed by atoms with Gasteiger partial charge in [-0.2, -0.15) is 0 Å². The number of halogens is 1. The number of esters is 1. The Kier molecular flexibility index (Phi) is 4.90. The summed E-state index contributed by atoms with van der Waals surface area (Å²) in [6, 6.07) is 20.1. The van der Waals surface area contributed by atoms with Crippen LogP contribution in [0.5, 0.6) is 0 Å². The molecule has 1 unspecified atom stereocenters. The maximum Gasteiger partial charge on any atom is 0.337 e. The Morgan fingerprint density at radius 2 is 1.75 bits per heavy atom. The highest BCUT2D eigenvalue weighted by molar-refractivity contribution is 9.10. The van der Waals surface area contributed by atoms with Crippen LogP contribution in [0.3, 0.4) is 0 Å². The fourth-order valence-corrected chi connectivity index (χ4v) is 4.43. The third-order valence-electron chi connectivity index (χ3n) is 5.51. The quantitative estimate of drug-likeness (QED) is 0.374. The van der Waals surface area contributed by atoms with E-state index in [1.54, 1.807) is 59.5 Å². The monoisotopic (exact) mass is 489 g/mol. The molecule has 0 saturated carbocycles. The summed E-state index contributed by atoms with van der Waals surface area (Å²) in [5.74, 6) is -0.840. The molecule has 1 aliphatic heterocycles. The van der Waals surface area contributed by atoms with Crippen molar-refractivity contribution in [1.82, 2.24) is 0 Å². The van der Waals surface area contributed by atoms with Crippen LogP contribution in [-0.4, -0.2) is 19.0 Å². The van der Waals surface area contributed by atoms with Gasteiger partial charge in [-0.1, -0.05) is 46.3 Å². The van der Waals surface area contributed by atoms with E-state index in [0.29, 0.717) is 27.8 Å². The van der Waals surface area contributed by atoms with Gasteiger partial charge >= 0.3 is 5.97 Å². The molecule has 0 fully saturated rings. The fourth-order valence-electron chi connectivity index (χ4n) is 4.05. The Bertz CT molecular complexity index is 1440. The number of fused-ring (bicyclic) bond motifs is 2. The van der Waals surface area contributed by atoms with Crippen LogP contribution in [0.4, 0.5) is 5.69 Å². The molecular formula is C25H16BrNO5. The highest BCUT2D eigenvalue weighted by Crippen LogP contribution is 2.41. The average Bonchev–Trinajstić information content (AvgIpc) is 3.11. The number of ether oxygens (including phenoxy) is 1. The number of carbonyl (C=O) groups excluding carboxylic acids is 2. The van der Waals surface area contributed by atoms with Gasteiger partial charge in [0.1, 0.15) is 5.58 Å². The smallest absolute Gasteiger partial charge is 0.337 e. The van der Waals surface area contributed by atoms with Crippen molar-refractivity contribution in [3.8, 4) is 0 Å². The van der Waals surface area contributed by atoms with Crippen LogP contribution in [0.1, 0.15) is 38.1 Å². The number of para-hydroxylation sites is 1. The lowest BCUT2D eigenvalue weighted by Gasteiger charge is -2.25. The van der Waals surface area contributed by atoms with Gasteiger partial charge in [-0.25, -0.2) is 4.79 Å². The van der Waals surface area contributed by atoms with Crippen LogP contribution in [0, 0.1) is 0 Å². The highest BCUT2D eigenvalue weighted by atomic mass is 79.9. The number of amides is 1. The zero-order valence-corrected chi connectivity index (χ0v) is 18.5. The molecule has 0 N–H and O–H groups in total. The second-order valence-electron chi connectivity index (χ2n) is 7.34. The lowest BCUT2D eigenvalue weighted by Crippen LogP contribution is -2.29. The minimum atomic E-state index is -0.709. The van der Waals surface area contributed by atoms with E-state index in [0.717, 1.165) is 4.47 Å². The van der Waals surface area contributed by atoms with E-state index in [1.165, 1.54) is 7.11 Å². The molecule has 3 aromatic carbocycles. The van der Waals surface area contributed by atoms with Crippen molar-refractivity contribution in [3.63, 3.8) is 0 Å². The summed E-state index contributed by atoms with van der Waals surface area (Å²) in [4.78, 5) is 40.4. The number of methoxy groups -OCH3 is 1. The van der Waals surface area contributed by atoms with Gasteiger partial charge in [0.25, 0.3) is 5.91 Å². The summed E-state index contributed by atoms with van der Waals surface area (Å²) in [6.07, 6.45) is 0. The van der Waals surface area contributed by atoms with Crippen molar-refractivity contribution in [2.24, 2.45) is 0 Å². The SMILES string of the molecule is COC(=O)c1ccc(C2c3c(oc4ccccc4c3=O)C(=O)N2c2cccc(Br)c2)cc1. The lowest BCUT2D eigenvalue weighted by molar-refractivity contribution is 0.0600. The second-order valence-corrected chi connectivity index (χ2v) is 8.26. The topological polar surface area (TPSA) is 76.8 Å². The number of rotatable bonds is 3. The van der Waals surface area contributed by atoms with Crippen LogP contribution in [0.15, 0.2) is 86.5 Å². The molecule has 32 heavy (non-hydrogen) atoms. The molecule has 0 radical (unpaired) electrons. The molecule has 5 rings (SSSR count). The normalized spacial score (nSPS) is 15.1. The largest absolute Gasteiger partial charge is 0.465 e. The third-order valence-corrected chi connectivity index (χ3v) is 6.00. The molecule has 158 valence electrons. The number of anilines is 1. The first-order valence-electron chi connectivity index (χ1n) is 9.82. The molecule has 1 aliphatic rings. The molecule has 7 heteroatoms. The van der Waals surface area contributed by atoms with Gasteiger partial charge in [0.15, 0.2) is 5.43 Å². The molecule has 0 saturated heterocycles. The first-order chi connectivity index (χ1) is 15.5. The number of hydrogen-bond donors (Lipinski definition) is 0. The molecule has 0 spiro atoms. The summed E-state index contributed by atoms with van der Waals surface area (Å²) in [5.41, 5.74) is 2.05. The van der Waals surface area contributed by atoms with Crippen LogP contribution in [-0.2, 0) is 4.74 Å². The second kappa shape index (κ2) is 7.76. The molecule has 6 nitrogen and oxygen atoms in total. The Balaban J connectivity index is 1.76. The maximum absolute atomic E-state index is 13.5. The number of nitrogens with zero attached hydrogens (tertiary/aromatic N) is 1. The number of benzene rings is 3. The van der Waals surface area contributed by atoms with Crippen molar-refractivity contribution >= 4 is 44.5 Å². The van der Waals surface area contributed by atoms with Gasteiger partial charge in [0.2, 0.25) is 5.76 Å². The predicted molar refractivity (Wildman–Crippen MR) is 123 cm³/mol. The van der Waals surface area contributed by atoms with E-state index < -0.39 is 17.9 Å². The molecule has 1 aromatic heterocycles. The van der Waals surface area contributed by atoms with Crippen LogP contribution in [0.25, 0.3) is 11.0 Å². The molecule has 0 aliphatic carbocycles. The molecule has 1 atom stereocenters. The van der Waals surface area contributed by atoms with Crippen molar-refractivity contribution in [3.05, 3.63) is 110 Å². The zero-order valence-electron chi connectivity index (χ0n) is 16.9. The number of carbonyl (C=O) groups is 2. The predicted octanol–water partition coefficient (Wildman–Crippen LogP) is 5.09. The fraction of sp³-hybridized carbons (Fsp3) is 0.0800. The standard InChI is InChI=1S/C25H16BrNO5/c1-31-25(30)15-11-9-14(10-12-15)21-20-22(28)18-7-2-3-8-19(18)32-23(20)24(29)27(21)17-6-4-5-16(26)13-17/h2-13,21H,1H3. The third kappa shape index (κ3) is 3.13. The summed E-state index contributed by atoms with van der Waals surface area (Å²) >= 11 is 3.45. The van der Waals surface area contributed by atoms with E-state index in [4.69, 9.17) is 9.15 Å². The van der Waals surface area contributed by atoms with Gasteiger partial charge in [0, 0.05) is 10.2 Å². The molecule has 0 bridgehead atoms. The minimum absolute atomic E-state index is 0.0238. The van der Waals surface area contributed by atoms with Gasteiger partial charge in [0.05, 0.1) is 29.7 Å². The number of hydrogen-bond acceptors (Lipinski definition) is 5. The lowest BCUT2D eigenvalue weighted by atomic mass is 9.97. The van der Waals surface area contributed by atoms with E-state index in [-0.39, 0.29) is 16.8 Å². The first-order valence-corrected chi connectivity index (χ1v) is 10.6. The van der Waals surface area contributed by atoms with Crippen molar-refractivity contribution in [1.29, 1.82) is 0 Å². The van der Waals surface area contributed by atoms with Gasteiger partial charge in [-0.05, 0) is 48.0 Å². The zero-order chi connectivity index (χ0) is 22.4. The van der Waals surface area contributed by atoms with Crippen molar-refractivity contribution in [2.45, 2.75) is 6.04 Å². The van der Waals surface area contributed by atoms with Gasteiger partial charge in [-0.15, -0.1) is 0 Å². The average molecular weight is 490 g/mol. The van der Waals surface area contributed by atoms with E-state index >= 15 is 0 Å².